The van der Waals surface area contributed by atoms with Gasteiger partial charge in [0.25, 0.3) is 0 Å². The minimum Gasteiger partial charge on any atom is -0.467 e. The minimum atomic E-state index is 0.126. The second-order valence-electron chi connectivity index (χ2n) is 4.71. The maximum Gasteiger partial charge on any atom is 0.125 e. The van der Waals surface area contributed by atoms with Gasteiger partial charge in [-0.05, 0) is 31.3 Å². The zero-order chi connectivity index (χ0) is 13.5. The number of furan rings is 1. The normalized spacial score (nSPS) is 12.8. The van der Waals surface area contributed by atoms with Gasteiger partial charge >= 0.3 is 0 Å². The molecule has 0 saturated carbocycles. The molecule has 0 fully saturated rings. The lowest BCUT2D eigenvalue weighted by molar-refractivity contribution is 0.338. The smallest absolute Gasteiger partial charge is 0.125 e. The number of likely N-dealkylation sites (N-methyl/N-ethyl adjacent to an activating group) is 1. The molecule has 3 nitrogen and oxygen atoms in total. The van der Waals surface area contributed by atoms with Crippen molar-refractivity contribution in [1.82, 2.24) is 10.2 Å². The molecule has 1 heterocycles. The van der Waals surface area contributed by atoms with Crippen LogP contribution >= 0.6 is 0 Å². The molecule has 1 aromatic heterocycles. The Kier molecular flexibility index (Phi) is 5.19. The first-order chi connectivity index (χ1) is 9.31. The predicted molar refractivity (Wildman–Crippen MR) is 78.2 cm³/mol. The van der Waals surface area contributed by atoms with Crippen LogP contribution in [0.1, 0.15) is 24.3 Å². The average Bonchev–Trinajstić information content (AvgIpc) is 2.98. The van der Waals surface area contributed by atoms with E-state index < -0.39 is 0 Å². The number of hydrogen-bond donors (Lipinski definition) is 1. The van der Waals surface area contributed by atoms with E-state index >= 15 is 0 Å². The molecule has 0 bridgehead atoms. The lowest BCUT2D eigenvalue weighted by atomic mass is 10.0. The summed E-state index contributed by atoms with van der Waals surface area (Å²) in [5.41, 5.74) is 1.23. The van der Waals surface area contributed by atoms with Crippen LogP contribution < -0.4 is 5.32 Å². The van der Waals surface area contributed by atoms with E-state index in [-0.39, 0.29) is 6.04 Å². The van der Waals surface area contributed by atoms with Crippen molar-refractivity contribution in [3.8, 4) is 0 Å². The third-order valence-corrected chi connectivity index (χ3v) is 3.34. The van der Waals surface area contributed by atoms with E-state index in [2.05, 4.69) is 48.5 Å². The molecule has 3 heteroatoms. The number of hydrogen-bond acceptors (Lipinski definition) is 3. The number of nitrogens with one attached hydrogen (secondary N) is 1. The molecule has 0 aliphatic carbocycles. The van der Waals surface area contributed by atoms with E-state index in [4.69, 9.17) is 4.42 Å². The second-order valence-corrected chi connectivity index (χ2v) is 4.71. The van der Waals surface area contributed by atoms with Crippen LogP contribution in [0.2, 0.25) is 0 Å². The lowest BCUT2D eigenvalue weighted by Gasteiger charge is -2.20. The minimum absolute atomic E-state index is 0.126. The molecular weight excluding hydrogens is 236 g/mol. The maximum absolute atomic E-state index is 5.56. The van der Waals surface area contributed by atoms with Crippen LogP contribution in [0.4, 0.5) is 0 Å². The van der Waals surface area contributed by atoms with Crippen LogP contribution in [0, 0.1) is 0 Å². The van der Waals surface area contributed by atoms with Gasteiger partial charge in [-0.15, -0.1) is 0 Å². The average molecular weight is 258 g/mol. The van der Waals surface area contributed by atoms with Gasteiger partial charge in [0.15, 0.2) is 0 Å². The summed E-state index contributed by atoms with van der Waals surface area (Å²) in [5.74, 6) is 0.963. The topological polar surface area (TPSA) is 28.4 Å². The molecule has 0 radical (unpaired) electrons. The van der Waals surface area contributed by atoms with Crippen molar-refractivity contribution >= 4 is 0 Å². The Morgan fingerprint density at radius 1 is 1.16 bits per heavy atom. The van der Waals surface area contributed by atoms with Crippen molar-refractivity contribution in [3.63, 3.8) is 0 Å². The van der Waals surface area contributed by atoms with E-state index in [1.165, 1.54) is 5.56 Å². The largest absolute Gasteiger partial charge is 0.467 e. The van der Waals surface area contributed by atoms with Gasteiger partial charge in [0, 0.05) is 13.1 Å². The fourth-order valence-corrected chi connectivity index (χ4v) is 2.04. The van der Waals surface area contributed by atoms with Crippen molar-refractivity contribution in [2.45, 2.75) is 13.0 Å². The van der Waals surface area contributed by atoms with E-state index in [9.17, 15) is 0 Å². The monoisotopic (exact) mass is 258 g/mol. The summed E-state index contributed by atoms with van der Waals surface area (Å²) in [6.07, 6.45) is 1.73. The zero-order valence-electron chi connectivity index (χ0n) is 11.7. The van der Waals surface area contributed by atoms with E-state index in [0.29, 0.717) is 0 Å². The summed E-state index contributed by atoms with van der Waals surface area (Å²) in [6.45, 7) is 5.20. The van der Waals surface area contributed by atoms with E-state index in [0.717, 1.165) is 25.4 Å². The van der Waals surface area contributed by atoms with Crippen LogP contribution in [-0.2, 0) is 0 Å². The SMILES string of the molecule is CCN(C)CCNC(c1ccccc1)c1ccco1. The quantitative estimate of drug-likeness (QED) is 0.827. The summed E-state index contributed by atoms with van der Waals surface area (Å²) in [6, 6.07) is 14.5. The molecule has 1 N–H and O–H groups in total. The van der Waals surface area contributed by atoms with Gasteiger partial charge in [0.05, 0.1) is 12.3 Å². The standard InChI is InChI=1S/C16H22N2O/c1-3-18(2)12-11-17-16(15-10-7-13-19-15)14-8-5-4-6-9-14/h4-10,13,16-17H,3,11-12H2,1-2H3. The first-order valence-corrected chi connectivity index (χ1v) is 6.81. The summed E-state index contributed by atoms with van der Waals surface area (Å²) >= 11 is 0. The van der Waals surface area contributed by atoms with Gasteiger partial charge < -0.3 is 14.6 Å². The molecule has 0 spiro atoms. The molecule has 1 atom stereocenters. The van der Waals surface area contributed by atoms with Gasteiger partial charge in [0.1, 0.15) is 5.76 Å². The Hall–Kier alpha value is -1.58. The fraction of sp³-hybridized carbons (Fsp3) is 0.375. The third kappa shape index (κ3) is 3.94. The van der Waals surface area contributed by atoms with E-state index in [1.807, 2.05) is 18.2 Å². The van der Waals surface area contributed by atoms with Gasteiger partial charge in [-0.25, -0.2) is 0 Å². The Morgan fingerprint density at radius 3 is 2.58 bits per heavy atom. The highest BCUT2D eigenvalue weighted by Crippen LogP contribution is 2.21. The molecule has 0 saturated heterocycles. The molecule has 2 rings (SSSR count). The number of rotatable bonds is 7. The Labute approximate surface area is 115 Å². The maximum atomic E-state index is 5.56. The molecule has 2 aromatic rings. The Morgan fingerprint density at radius 2 is 1.95 bits per heavy atom. The Bertz CT molecular complexity index is 453. The van der Waals surface area contributed by atoms with Crippen LogP contribution in [0.3, 0.4) is 0 Å². The fourth-order valence-electron chi connectivity index (χ4n) is 2.04. The molecule has 1 aromatic carbocycles. The van der Waals surface area contributed by atoms with Gasteiger partial charge in [-0.2, -0.15) is 0 Å². The predicted octanol–water partition coefficient (Wildman–Crippen LogP) is 2.91. The van der Waals surface area contributed by atoms with Crippen LogP contribution in [0.15, 0.2) is 53.1 Å². The molecule has 19 heavy (non-hydrogen) atoms. The van der Waals surface area contributed by atoms with Gasteiger partial charge in [-0.3, -0.25) is 0 Å². The summed E-state index contributed by atoms with van der Waals surface area (Å²) in [7, 11) is 2.13. The van der Waals surface area contributed by atoms with Gasteiger partial charge in [-0.1, -0.05) is 37.3 Å². The Balaban J connectivity index is 2.04. The molecular formula is C16H22N2O. The van der Waals surface area contributed by atoms with Gasteiger partial charge in [0.2, 0.25) is 0 Å². The molecule has 0 amide bonds. The first-order valence-electron chi connectivity index (χ1n) is 6.81. The first kappa shape index (κ1) is 13.8. The highest BCUT2D eigenvalue weighted by molar-refractivity contribution is 5.26. The van der Waals surface area contributed by atoms with Crippen LogP contribution in [0.25, 0.3) is 0 Å². The molecule has 0 aliphatic heterocycles. The lowest BCUT2D eigenvalue weighted by Crippen LogP contribution is -2.31. The highest BCUT2D eigenvalue weighted by Gasteiger charge is 2.15. The van der Waals surface area contributed by atoms with Crippen LogP contribution in [0.5, 0.6) is 0 Å². The second kappa shape index (κ2) is 7.12. The van der Waals surface area contributed by atoms with Crippen LogP contribution in [-0.4, -0.2) is 31.6 Å². The van der Waals surface area contributed by atoms with Crippen molar-refractivity contribution in [3.05, 3.63) is 60.1 Å². The summed E-state index contributed by atoms with van der Waals surface area (Å²) in [5, 5.41) is 3.57. The highest BCUT2D eigenvalue weighted by atomic mass is 16.3. The molecule has 1 unspecified atom stereocenters. The van der Waals surface area contributed by atoms with Crippen molar-refractivity contribution in [2.75, 3.05) is 26.7 Å². The summed E-state index contributed by atoms with van der Waals surface area (Å²) in [4.78, 5) is 2.29. The van der Waals surface area contributed by atoms with Crippen molar-refractivity contribution < 1.29 is 4.42 Å². The van der Waals surface area contributed by atoms with E-state index in [1.54, 1.807) is 6.26 Å². The van der Waals surface area contributed by atoms with Crippen molar-refractivity contribution in [2.24, 2.45) is 0 Å². The number of nitrogens with zero attached hydrogens (tertiary/aromatic N) is 1. The summed E-state index contributed by atoms with van der Waals surface area (Å²) < 4.78 is 5.56. The number of benzene rings is 1. The third-order valence-electron chi connectivity index (χ3n) is 3.34. The molecule has 0 aliphatic rings. The molecule has 102 valence electrons. The zero-order valence-corrected chi connectivity index (χ0v) is 11.7. The van der Waals surface area contributed by atoms with Crippen molar-refractivity contribution in [1.29, 1.82) is 0 Å².